The van der Waals surface area contributed by atoms with E-state index in [1.165, 1.54) is 12.3 Å². The molecule has 0 atom stereocenters. The van der Waals surface area contributed by atoms with E-state index in [1.807, 2.05) is 4.90 Å². The lowest BCUT2D eigenvalue weighted by Gasteiger charge is -2.47. The summed E-state index contributed by atoms with van der Waals surface area (Å²) in [6.45, 7) is 5.29. The van der Waals surface area contributed by atoms with E-state index in [4.69, 9.17) is 4.74 Å². The molecule has 1 aromatic heterocycles. The molecular weight excluding hydrogens is 309 g/mol. The van der Waals surface area contributed by atoms with Gasteiger partial charge < -0.3 is 14.5 Å². The first kappa shape index (κ1) is 17.3. The number of carbonyl (C=O) groups is 1. The zero-order chi connectivity index (χ0) is 17.0. The smallest absolute Gasteiger partial charge is 0.256 e. The molecule has 3 heterocycles. The number of piperidine rings is 2. The first-order chi connectivity index (χ1) is 11.6. The average Bonchev–Trinajstić information content (AvgIpc) is 2.61. The van der Waals surface area contributed by atoms with Crippen molar-refractivity contribution < 1.29 is 13.9 Å². The van der Waals surface area contributed by atoms with Gasteiger partial charge in [0.15, 0.2) is 5.82 Å². The number of carbonyl (C=O) groups excluding carboxylic acids is 1. The molecule has 0 saturated carbocycles. The number of amides is 1. The lowest BCUT2D eigenvalue weighted by molar-refractivity contribution is 0.0163. The van der Waals surface area contributed by atoms with E-state index in [9.17, 15) is 9.18 Å². The highest BCUT2D eigenvalue weighted by Gasteiger charge is 2.39. The zero-order valence-corrected chi connectivity index (χ0v) is 14.3. The van der Waals surface area contributed by atoms with E-state index in [-0.39, 0.29) is 16.9 Å². The predicted octanol–water partition coefficient (Wildman–Crippen LogP) is 2.19. The number of hydrogen-bond acceptors (Lipinski definition) is 4. The highest BCUT2D eigenvalue weighted by Crippen LogP contribution is 2.40. The van der Waals surface area contributed by atoms with Crippen LogP contribution in [0.3, 0.4) is 0 Å². The molecule has 1 amide bonds. The van der Waals surface area contributed by atoms with Crippen LogP contribution in [-0.4, -0.2) is 67.1 Å². The molecule has 0 unspecified atom stereocenters. The van der Waals surface area contributed by atoms with Crippen molar-refractivity contribution >= 4 is 5.91 Å². The largest absolute Gasteiger partial charge is 0.383 e. The monoisotopic (exact) mass is 335 g/mol. The molecule has 2 aliphatic heterocycles. The van der Waals surface area contributed by atoms with Crippen molar-refractivity contribution in [3.63, 3.8) is 0 Å². The summed E-state index contributed by atoms with van der Waals surface area (Å²) in [6.07, 6.45) is 6.94. The van der Waals surface area contributed by atoms with E-state index in [0.717, 1.165) is 71.2 Å². The Bertz CT molecular complexity index is 573. The molecule has 132 valence electrons. The molecule has 1 spiro atoms. The van der Waals surface area contributed by atoms with Crippen LogP contribution < -0.4 is 0 Å². The van der Waals surface area contributed by atoms with Gasteiger partial charge in [0, 0.05) is 32.9 Å². The van der Waals surface area contributed by atoms with Crippen LogP contribution in [0.25, 0.3) is 0 Å². The van der Waals surface area contributed by atoms with Gasteiger partial charge in [-0.1, -0.05) is 0 Å². The van der Waals surface area contributed by atoms with Gasteiger partial charge in [-0.15, -0.1) is 0 Å². The van der Waals surface area contributed by atoms with Gasteiger partial charge in [-0.05, 0) is 50.3 Å². The van der Waals surface area contributed by atoms with Crippen LogP contribution in [0.2, 0.25) is 0 Å². The third-order valence-electron chi connectivity index (χ3n) is 5.48. The van der Waals surface area contributed by atoms with E-state index >= 15 is 0 Å². The van der Waals surface area contributed by atoms with Crippen LogP contribution in [0.5, 0.6) is 0 Å². The summed E-state index contributed by atoms with van der Waals surface area (Å²) in [7, 11) is 1.73. The quantitative estimate of drug-likeness (QED) is 0.846. The van der Waals surface area contributed by atoms with Crippen LogP contribution >= 0.6 is 0 Å². The highest BCUT2D eigenvalue weighted by molar-refractivity contribution is 5.94. The number of halogens is 1. The summed E-state index contributed by atoms with van der Waals surface area (Å²) in [5.74, 6) is -0.729. The lowest BCUT2D eigenvalue weighted by Crippen LogP contribution is -2.51. The lowest BCUT2D eigenvalue weighted by atomic mass is 9.72. The third kappa shape index (κ3) is 3.75. The van der Waals surface area contributed by atoms with Crippen LogP contribution in [0.15, 0.2) is 18.5 Å². The number of hydrogen-bond donors (Lipinski definition) is 0. The number of nitrogens with zero attached hydrogens (tertiary/aromatic N) is 3. The number of ether oxygens (including phenoxy) is 1. The van der Waals surface area contributed by atoms with Gasteiger partial charge in [-0.3, -0.25) is 9.78 Å². The minimum atomic E-state index is -0.531. The molecule has 0 aromatic carbocycles. The summed E-state index contributed by atoms with van der Waals surface area (Å²) in [5, 5.41) is 0. The number of rotatable bonds is 4. The second-order valence-corrected chi connectivity index (χ2v) is 7.02. The van der Waals surface area contributed by atoms with Gasteiger partial charge in [0.25, 0.3) is 5.91 Å². The molecule has 0 bridgehead atoms. The van der Waals surface area contributed by atoms with Crippen LogP contribution in [-0.2, 0) is 4.74 Å². The zero-order valence-electron chi connectivity index (χ0n) is 14.3. The Balaban J connectivity index is 1.63. The van der Waals surface area contributed by atoms with E-state index < -0.39 is 5.82 Å². The first-order valence-corrected chi connectivity index (χ1v) is 8.74. The molecule has 2 aliphatic rings. The van der Waals surface area contributed by atoms with Crippen molar-refractivity contribution in [3.05, 3.63) is 29.8 Å². The van der Waals surface area contributed by atoms with Gasteiger partial charge in [0.05, 0.1) is 18.4 Å². The van der Waals surface area contributed by atoms with Crippen molar-refractivity contribution in [1.82, 2.24) is 14.8 Å². The van der Waals surface area contributed by atoms with Crippen LogP contribution in [0, 0.1) is 11.2 Å². The van der Waals surface area contributed by atoms with E-state index in [1.54, 1.807) is 7.11 Å². The standard InChI is InChI=1S/C18H26FN3O2/c1-24-12-11-21-9-5-18(6-10-21)4-2-8-22(14-18)17(23)15-3-7-20-13-16(15)19/h3,7,13H,2,4-6,8-12,14H2,1H3. The number of aromatic nitrogens is 1. The van der Waals surface area contributed by atoms with Gasteiger partial charge in [-0.25, -0.2) is 4.39 Å². The van der Waals surface area contributed by atoms with Crippen molar-refractivity contribution in [2.24, 2.45) is 5.41 Å². The van der Waals surface area contributed by atoms with Gasteiger partial charge in [-0.2, -0.15) is 0 Å². The topological polar surface area (TPSA) is 45.7 Å². The number of methoxy groups -OCH3 is 1. The number of likely N-dealkylation sites (tertiary alicyclic amines) is 2. The van der Waals surface area contributed by atoms with Crippen molar-refractivity contribution in [1.29, 1.82) is 0 Å². The average molecular weight is 335 g/mol. The minimum absolute atomic E-state index is 0.139. The Morgan fingerprint density at radius 2 is 2.12 bits per heavy atom. The molecule has 1 aromatic rings. The maximum Gasteiger partial charge on any atom is 0.256 e. The third-order valence-corrected chi connectivity index (χ3v) is 5.48. The molecule has 0 radical (unpaired) electrons. The molecule has 0 N–H and O–H groups in total. The van der Waals surface area contributed by atoms with Crippen molar-refractivity contribution in [3.8, 4) is 0 Å². The fourth-order valence-electron chi connectivity index (χ4n) is 3.98. The van der Waals surface area contributed by atoms with Gasteiger partial charge in [0.1, 0.15) is 0 Å². The summed E-state index contributed by atoms with van der Waals surface area (Å²) in [5.41, 5.74) is 0.334. The van der Waals surface area contributed by atoms with Gasteiger partial charge >= 0.3 is 0 Å². The Labute approximate surface area is 142 Å². The molecular formula is C18H26FN3O2. The highest BCUT2D eigenvalue weighted by atomic mass is 19.1. The molecule has 5 nitrogen and oxygen atoms in total. The Morgan fingerprint density at radius 3 is 2.83 bits per heavy atom. The van der Waals surface area contributed by atoms with Crippen molar-refractivity contribution in [2.75, 3.05) is 46.4 Å². The van der Waals surface area contributed by atoms with Gasteiger partial charge in [0.2, 0.25) is 0 Å². The van der Waals surface area contributed by atoms with Crippen molar-refractivity contribution in [2.45, 2.75) is 25.7 Å². The maximum absolute atomic E-state index is 13.9. The first-order valence-electron chi connectivity index (χ1n) is 8.74. The summed E-state index contributed by atoms with van der Waals surface area (Å²) in [6, 6.07) is 1.48. The molecule has 2 fully saturated rings. The summed E-state index contributed by atoms with van der Waals surface area (Å²) >= 11 is 0. The summed E-state index contributed by atoms with van der Waals surface area (Å²) < 4.78 is 19.0. The van der Waals surface area contributed by atoms with E-state index in [2.05, 4.69) is 9.88 Å². The molecule has 2 saturated heterocycles. The second kappa shape index (κ2) is 7.57. The predicted molar refractivity (Wildman–Crippen MR) is 89.3 cm³/mol. The molecule has 3 rings (SSSR count). The second-order valence-electron chi connectivity index (χ2n) is 7.02. The number of pyridine rings is 1. The van der Waals surface area contributed by atoms with E-state index in [0.29, 0.717) is 0 Å². The molecule has 24 heavy (non-hydrogen) atoms. The molecule has 0 aliphatic carbocycles. The minimum Gasteiger partial charge on any atom is -0.383 e. The van der Waals surface area contributed by atoms with Crippen LogP contribution in [0.4, 0.5) is 4.39 Å². The Morgan fingerprint density at radius 1 is 1.33 bits per heavy atom. The molecule has 6 heteroatoms. The normalized spacial score (nSPS) is 21.2. The fourth-order valence-corrected chi connectivity index (χ4v) is 3.98. The summed E-state index contributed by atoms with van der Waals surface area (Å²) in [4.78, 5) is 20.7. The fraction of sp³-hybridized carbons (Fsp3) is 0.667. The Hall–Kier alpha value is -1.53. The maximum atomic E-state index is 13.9. The Kier molecular flexibility index (Phi) is 5.46. The SMILES string of the molecule is COCCN1CCC2(CCCN(C(=O)c3ccncc3F)C2)CC1. The van der Waals surface area contributed by atoms with Crippen LogP contribution in [0.1, 0.15) is 36.0 Å².